The summed E-state index contributed by atoms with van der Waals surface area (Å²) in [5.41, 5.74) is 0.691. The van der Waals surface area contributed by atoms with Gasteiger partial charge in [0.2, 0.25) is 0 Å². The summed E-state index contributed by atoms with van der Waals surface area (Å²) in [7, 11) is 1.43. The first kappa shape index (κ1) is 21.9. The van der Waals surface area contributed by atoms with Gasteiger partial charge >= 0.3 is 18.2 Å². The van der Waals surface area contributed by atoms with Crippen molar-refractivity contribution in [3.05, 3.63) is 54.2 Å². The van der Waals surface area contributed by atoms with Crippen LogP contribution >= 0.6 is 0 Å². The summed E-state index contributed by atoms with van der Waals surface area (Å²) in [5, 5.41) is 2.77. The number of amides is 2. The SMILES string of the molecule is COc1nccc(NC(=O)N2c3nc(-c4cccc(C(F)(F)F)c4)ccc3N3CCC[C@H]2C3)n1. The first-order valence-electron chi connectivity index (χ1n) is 10.7. The highest BCUT2D eigenvalue weighted by molar-refractivity contribution is 6.04. The van der Waals surface area contributed by atoms with E-state index in [9.17, 15) is 18.0 Å². The van der Waals surface area contributed by atoms with E-state index >= 15 is 0 Å². The predicted molar refractivity (Wildman–Crippen MR) is 120 cm³/mol. The zero-order chi connectivity index (χ0) is 23.9. The standard InChI is InChI=1S/C23H21F3N6O2/c1-34-21-27-10-9-19(29-21)30-22(33)32-16-6-3-11-31(13-16)18-8-7-17(28-20(18)32)14-4-2-5-15(12-14)23(24,25)26/h2,4-5,7-10,12,16H,3,6,11,13H2,1H3,(H,27,29,30,33)/t16-/m0/s1. The van der Waals surface area contributed by atoms with E-state index in [4.69, 9.17) is 4.74 Å². The van der Waals surface area contributed by atoms with Gasteiger partial charge < -0.3 is 9.64 Å². The number of fused-ring (bicyclic) bond motifs is 4. The lowest BCUT2D eigenvalue weighted by molar-refractivity contribution is -0.137. The molecule has 34 heavy (non-hydrogen) atoms. The molecule has 1 aromatic carbocycles. The number of benzene rings is 1. The van der Waals surface area contributed by atoms with Gasteiger partial charge in [0, 0.05) is 24.8 Å². The van der Waals surface area contributed by atoms with E-state index in [-0.39, 0.29) is 17.9 Å². The van der Waals surface area contributed by atoms with E-state index in [2.05, 4.69) is 25.2 Å². The minimum Gasteiger partial charge on any atom is -0.467 e. The molecule has 1 atom stereocenters. The van der Waals surface area contributed by atoms with Gasteiger partial charge in [-0.2, -0.15) is 18.2 Å². The zero-order valence-electron chi connectivity index (χ0n) is 18.2. The number of carbonyl (C=O) groups excluding carboxylic acids is 1. The number of nitrogens with zero attached hydrogens (tertiary/aromatic N) is 5. The van der Waals surface area contributed by atoms with Crippen molar-refractivity contribution in [2.45, 2.75) is 25.1 Å². The fourth-order valence-corrected chi connectivity index (χ4v) is 4.38. The highest BCUT2D eigenvalue weighted by Crippen LogP contribution is 2.40. The van der Waals surface area contributed by atoms with Crippen molar-refractivity contribution in [1.29, 1.82) is 0 Å². The summed E-state index contributed by atoms with van der Waals surface area (Å²) < 4.78 is 44.7. The average molecular weight is 470 g/mol. The Morgan fingerprint density at radius 3 is 2.82 bits per heavy atom. The minimum atomic E-state index is -4.46. The van der Waals surface area contributed by atoms with Gasteiger partial charge in [-0.1, -0.05) is 12.1 Å². The molecule has 11 heteroatoms. The highest BCUT2D eigenvalue weighted by atomic mass is 19.4. The van der Waals surface area contributed by atoms with Gasteiger partial charge in [0.15, 0.2) is 5.82 Å². The van der Waals surface area contributed by atoms with Crippen LogP contribution in [0.4, 0.5) is 35.3 Å². The first-order chi connectivity index (χ1) is 16.3. The number of alkyl halides is 3. The van der Waals surface area contributed by atoms with Crippen LogP contribution in [0.15, 0.2) is 48.7 Å². The van der Waals surface area contributed by atoms with Gasteiger partial charge in [-0.05, 0) is 43.2 Å². The third-order valence-corrected chi connectivity index (χ3v) is 5.94. The second-order valence-corrected chi connectivity index (χ2v) is 8.09. The maximum atomic E-state index is 13.4. The molecule has 0 unspecified atom stereocenters. The summed E-state index contributed by atoms with van der Waals surface area (Å²) in [6.07, 6.45) is -1.30. The van der Waals surface area contributed by atoms with Crippen molar-refractivity contribution < 1.29 is 22.7 Å². The second-order valence-electron chi connectivity index (χ2n) is 8.09. The number of anilines is 3. The largest absolute Gasteiger partial charge is 0.467 e. The quantitative estimate of drug-likeness (QED) is 0.603. The molecule has 8 nitrogen and oxygen atoms in total. The van der Waals surface area contributed by atoms with E-state index < -0.39 is 17.8 Å². The van der Waals surface area contributed by atoms with E-state index in [0.717, 1.165) is 37.2 Å². The molecule has 0 spiro atoms. The molecule has 5 rings (SSSR count). The van der Waals surface area contributed by atoms with Crippen molar-refractivity contribution in [3.8, 4) is 17.3 Å². The molecule has 2 aliphatic heterocycles. The van der Waals surface area contributed by atoms with Gasteiger partial charge in [-0.25, -0.2) is 14.8 Å². The van der Waals surface area contributed by atoms with Gasteiger partial charge in [0.25, 0.3) is 0 Å². The molecule has 0 aliphatic carbocycles. The molecule has 2 amide bonds. The Kier molecular flexibility index (Phi) is 5.46. The molecule has 0 radical (unpaired) electrons. The minimum absolute atomic E-state index is 0.116. The molecule has 2 bridgehead atoms. The van der Waals surface area contributed by atoms with Crippen molar-refractivity contribution in [1.82, 2.24) is 15.0 Å². The van der Waals surface area contributed by atoms with Crippen molar-refractivity contribution in [2.24, 2.45) is 0 Å². The van der Waals surface area contributed by atoms with Crippen LogP contribution in [0.1, 0.15) is 18.4 Å². The Morgan fingerprint density at radius 2 is 2.03 bits per heavy atom. The van der Waals surface area contributed by atoms with Crippen molar-refractivity contribution in [2.75, 3.05) is 35.3 Å². The third kappa shape index (κ3) is 4.09. The number of aromatic nitrogens is 3. The first-order valence-corrected chi connectivity index (χ1v) is 10.7. The maximum Gasteiger partial charge on any atom is 0.416 e. The summed E-state index contributed by atoms with van der Waals surface area (Å²) in [6, 6.07) is 9.62. The molecule has 1 N–H and O–H groups in total. The second kappa shape index (κ2) is 8.47. The number of hydrogen-bond acceptors (Lipinski definition) is 6. The van der Waals surface area contributed by atoms with E-state index in [1.165, 1.54) is 19.4 Å². The Hall–Kier alpha value is -3.89. The number of urea groups is 1. The number of ether oxygens (including phenoxy) is 1. The maximum absolute atomic E-state index is 13.4. The molecule has 176 valence electrons. The number of carbonyl (C=O) groups is 1. The number of rotatable bonds is 3. The lowest BCUT2D eigenvalue weighted by Crippen LogP contribution is -2.56. The normalized spacial score (nSPS) is 17.2. The Balaban J connectivity index is 1.53. The van der Waals surface area contributed by atoms with Crippen LogP contribution in [0.5, 0.6) is 6.01 Å². The third-order valence-electron chi connectivity index (χ3n) is 5.94. The lowest BCUT2D eigenvalue weighted by Gasteiger charge is -2.45. The van der Waals surface area contributed by atoms with E-state index in [1.807, 2.05) is 6.07 Å². The van der Waals surface area contributed by atoms with Crippen molar-refractivity contribution >= 4 is 23.4 Å². The fraction of sp³-hybridized carbons (Fsp3) is 0.304. The van der Waals surface area contributed by atoms with Gasteiger partial charge in [0.1, 0.15) is 5.82 Å². The molecule has 3 aromatic rings. The molecule has 1 fully saturated rings. The van der Waals surface area contributed by atoms with Gasteiger partial charge in [-0.3, -0.25) is 10.2 Å². The average Bonchev–Trinajstić information content (AvgIpc) is 2.83. The van der Waals surface area contributed by atoms with Crippen LogP contribution in [-0.4, -0.2) is 47.2 Å². The molecule has 2 aromatic heterocycles. The molecular formula is C23H21F3N6O2. The number of methoxy groups -OCH3 is 1. The topological polar surface area (TPSA) is 83.5 Å². The van der Waals surface area contributed by atoms with Crippen LogP contribution in [0.3, 0.4) is 0 Å². The van der Waals surface area contributed by atoms with Gasteiger partial charge in [0.05, 0.1) is 30.1 Å². The summed E-state index contributed by atoms with van der Waals surface area (Å²) in [4.78, 5) is 29.8. The summed E-state index contributed by atoms with van der Waals surface area (Å²) >= 11 is 0. The van der Waals surface area contributed by atoms with E-state index in [1.54, 1.807) is 23.1 Å². The van der Waals surface area contributed by atoms with Crippen LogP contribution in [0.2, 0.25) is 0 Å². The Bertz CT molecular complexity index is 1240. The molecule has 1 saturated heterocycles. The Labute approximate surface area is 193 Å². The monoisotopic (exact) mass is 470 g/mol. The van der Waals surface area contributed by atoms with E-state index in [0.29, 0.717) is 23.6 Å². The Morgan fingerprint density at radius 1 is 1.18 bits per heavy atom. The predicted octanol–water partition coefficient (Wildman–Crippen LogP) is 4.59. The number of piperidine rings is 1. The highest BCUT2D eigenvalue weighted by Gasteiger charge is 2.38. The van der Waals surface area contributed by atoms with Crippen molar-refractivity contribution in [3.63, 3.8) is 0 Å². The van der Waals surface area contributed by atoms with Crippen LogP contribution in [0, 0.1) is 0 Å². The zero-order valence-corrected chi connectivity index (χ0v) is 18.2. The lowest BCUT2D eigenvalue weighted by atomic mass is 9.99. The van der Waals surface area contributed by atoms with Crippen LogP contribution in [-0.2, 0) is 6.18 Å². The number of halogens is 3. The smallest absolute Gasteiger partial charge is 0.416 e. The number of pyridine rings is 1. The van der Waals surface area contributed by atoms with Gasteiger partial charge in [-0.15, -0.1) is 0 Å². The summed E-state index contributed by atoms with van der Waals surface area (Å²) in [5.74, 6) is 0.676. The summed E-state index contributed by atoms with van der Waals surface area (Å²) in [6.45, 7) is 1.48. The molecule has 2 aliphatic rings. The number of hydrogen-bond donors (Lipinski definition) is 1. The molecular weight excluding hydrogens is 449 g/mol. The number of nitrogens with one attached hydrogen (secondary N) is 1. The molecule has 0 saturated carbocycles. The molecule has 4 heterocycles. The van der Waals surface area contributed by atoms with Crippen LogP contribution in [0.25, 0.3) is 11.3 Å². The van der Waals surface area contributed by atoms with Crippen LogP contribution < -0.4 is 19.9 Å². The fourth-order valence-electron chi connectivity index (χ4n) is 4.38.